The van der Waals surface area contributed by atoms with Crippen LogP contribution in [-0.4, -0.2) is 11.7 Å². The van der Waals surface area contributed by atoms with Gasteiger partial charge in [0.25, 0.3) is 0 Å². The summed E-state index contributed by atoms with van der Waals surface area (Å²) in [5, 5.41) is 10.7. The van der Waals surface area contributed by atoms with Gasteiger partial charge in [-0.15, -0.1) is 11.3 Å². The molecule has 0 aliphatic heterocycles. The summed E-state index contributed by atoms with van der Waals surface area (Å²) in [4.78, 5) is 1.15. The number of aryl methyl sites for hydroxylation is 2. The fourth-order valence-electron chi connectivity index (χ4n) is 1.91. The van der Waals surface area contributed by atoms with Gasteiger partial charge in [-0.25, -0.2) is 0 Å². The summed E-state index contributed by atoms with van der Waals surface area (Å²) in [6.45, 7) is 4.81. The summed E-state index contributed by atoms with van der Waals surface area (Å²) in [7, 11) is 0. The maximum Gasteiger partial charge on any atom is 0.122 e. The van der Waals surface area contributed by atoms with E-state index in [9.17, 15) is 0 Å². The number of ether oxygens (including phenoxy) is 1. The van der Waals surface area contributed by atoms with E-state index in [0.29, 0.717) is 13.0 Å². The smallest absolute Gasteiger partial charge is 0.122 e. The largest absolute Gasteiger partial charge is 0.488 e. The van der Waals surface area contributed by atoms with Crippen molar-refractivity contribution in [3.63, 3.8) is 0 Å². The molecule has 1 aromatic heterocycles. The first kappa shape index (κ1) is 14.6. The van der Waals surface area contributed by atoms with Gasteiger partial charge in [0.2, 0.25) is 0 Å². The summed E-state index contributed by atoms with van der Waals surface area (Å²) in [6.07, 6.45) is 0.518. The number of aliphatic hydroxyl groups is 1. The van der Waals surface area contributed by atoms with Crippen LogP contribution in [0.5, 0.6) is 5.75 Å². The van der Waals surface area contributed by atoms with E-state index >= 15 is 0 Å². The van der Waals surface area contributed by atoms with Gasteiger partial charge in [0.05, 0.1) is 6.61 Å². The minimum Gasteiger partial charge on any atom is -0.488 e. The number of benzene rings is 1. The Balaban J connectivity index is 1.96. The lowest BCUT2D eigenvalue weighted by molar-refractivity contribution is 0.305. The molecule has 0 aliphatic rings. The van der Waals surface area contributed by atoms with Crippen molar-refractivity contribution in [1.82, 2.24) is 0 Å². The van der Waals surface area contributed by atoms with Crippen molar-refractivity contribution in [1.29, 1.82) is 0 Å². The second-order valence-corrected chi connectivity index (χ2v) is 5.68. The first-order valence-electron chi connectivity index (χ1n) is 6.55. The SMILES string of the molecule is Cc1cc(C)cc(OCc2cc(C#CCCO)cs2)c1. The second-order valence-electron chi connectivity index (χ2n) is 4.69. The molecule has 0 aliphatic carbocycles. The zero-order chi connectivity index (χ0) is 14.4. The molecule has 2 nitrogen and oxygen atoms in total. The van der Waals surface area contributed by atoms with Crippen LogP contribution in [0, 0.1) is 25.7 Å². The molecule has 3 heteroatoms. The highest BCUT2D eigenvalue weighted by molar-refractivity contribution is 7.10. The van der Waals surface area contributed by atoms with Gasteiger partial charge in [0.15, 0.2) is 0 Å². The standard InChI is InChI=1S/C17H18O2S/c1-13-7-14(2)9-16(8-13)19-11-17-10-15(12-20-17)5-3-4-6-18/h7-10,12,18H,4,6,11H2,1-2H3. The van der Waals surface area contributed by atoms with Gasteiger partial charge in [-0.3, -0.25) is 0 Å². The van der Waals surface area contributed by atoms with Crippen LogP contribution in [0.3, 0.4) is 0 Å². The average Bonchev–Trinajstić information content (AvgIpc) is 2.84. The molecule has 0 amide bonds. The lowest BCUT2D eigenvalue weighted by atomic mass is 10.1. The van der Waals surface area contributed by atoms with E-state index in [2.05, 4.69) is 31.8 Å². The Morgan fingerprint density at radius 2 is 1.90 bits per heavy atom. The van der Waals surface area contributed by atoms with Crippen molar-refractivity contribution >= 4 is 11.3 Å². The lowest BCUT2D eigenvalue weighted by Gasteiger charge is -2.06. The number of aliphatic hydroxyl groups excluding tert-OH is 1. The van der Waals surface area contributed by atoms with Gasteiger partial charge >= 0.3 is 0 Å². The Hall–Kier alpha value is -1.76. The van der Waals surface area contributed by atoms with E-state index in [1.54, 1.807) is 11.3 Å². The van der Waals surface area contributed by atoms with Crippen molar-refractivity contribution in [2.45, 2.75) is 26.9 Å². The molecule has 0 unspecified atom stereocenters. The summed E-state index contributed by atoms with van der Waals surface area (Å²) >= 11 is 1.65. The average molecular weight is 286 g/mol. The molecule has 0 saturated heterocycles. The molecule has 0 radical (unpaired) electrons. The normalized spacial score (nSPS) is 9.95. The first-order chi connectivity index (χ1) is 9.67. The zero-order valence-corrected chi connectivity index (χ0v) is 12.6. The molecule has 1 heterocycles. The highest BCUT2D eigenvalue weighted by Gasteiger charge is 2.01. The van der Waals surface area contributed by atoms with Crippen molar-refractivity contribution in [3.8, 4) is 17.6 Å². The maximum absolute atomic E-state index is 8.68. The van der Waals surface area contributed by atoms with Crippen molar-refractivity contribution in [2.24, 2.45) is 0 Å². The fourth-order valence-corrected chi connectivity index (χ4v) is 2.64. The van der Waals surface area contributed by atoms with Gasteiger partial charge in [-0.2, -0.15) is 0 Å². The quantitative estimate of drug-likeness (QED) is 0.869. The van der Waals surface area contributed by atoms with Crippen LogP contribution in [0.1, 0.15) is 28.0 Å². The first-order valence-corrected chi connectivity index (χ1v) is 7.43. The van der Waals surface area contributed by atoms with Gasteiger partial charge < -0.3 is 9.84 Å². The molecule has 0 fully saturated rings. The van der Waals surface area contributed by atoms with E-state index in [4.69, 9.17) is 9.84 Å². The van der Waals surface area contributed by atoms with Crippen LogP contribution in [-0.2, 0) is 6.61 Å². The maximum atomic E-state index is 8.68. The molecule has 0 saturated carbocycles. The number of thiophene rings is 1. The van der Waals surface area contributed by atoms with Crippen LogP contribution in [0.2, 0.25) is 0 Å². The highest BCUT2D eigenvalue weighted by atomic mass is 32.1. The molecule has 20 heavy (non-hydrogen) atoms. The van der Waals surface area contributed by atoms with Crippen molar-refractivity contribution in [3.05, 3.63) is 51.2 Å². The topological polar surface area (TPSA) is 29.5 Å². The fraction of sp³-hybridized carbons (Fsp3) is 0.294. The molecular weight excluding hydrogens is 268 g/mol. The Morgan fingerprint density at radius 3 is 2.60 bits per heavy atom. The number of hydrogen-bond donors (Lipinski definition) is 1. The Morgan fingerprint density at radius 1 is 1.15 bits per heavy atom. The molecular formula is C17H18O2S. The summed E-state index contributed by atoms with van der Waals surface area (Å²) in [5.41, 5.74) is 3.41. The highest BCUT2D eigenvalue weighted by Crippen LogP contribution is 2.20. The van der Waals surface area contributed by atoms with Crippen LogP contribution in [0.4, 0.5) is 0 Å². The van der Waals surface area contributed by atoms with Gasteiger partial charge in [-0.1, -0.05) is 17.9 Å². The monoisotopic (exact) mass is 286 g/mol. The van der Waals surface area contributed by atoms with E-state index < -0.39 is 0 Å². The van der Waals surface area contributed by atoms with Gasteiger partial charge in [0, 0.05) is 22.2 Å². The third-order valence-electron chi connectivity index (χ3n) is 2.70. The van der Waals surface area contributed by atoms with E-state index in [1.807, 2.05) is 23.6 Å². The molecule has 1 aromatic carbocycles. The third-order valence-corrected chi connectivity index (χ3v) is 3.61. The van der Waals surface area contributed by atoms with E-state index in [-0.39, 0.29) is 6.61 Å². The Kier molecular flexibility index (Phi) is 5.23. The molecule has 0 atom stereocenters. The molecule has 2 rings (SSSR count). The summed E-state index contributed by atoms with van der Waals surface area (Å²) in [5.74, 6) is 6.85. The van der Waals surface area contributed by atoms with E-state index in [1.165, 1.54) is 11.1 Å². The van der Waals surface area contributed by atoms with E-state index in [0.717, 1.165) is 16.2 Å². The van der Waals surface area contributed by atoms with Crippen LogP contribution >= 0.6 is 11.3 Å². The number of hydrogen-bond acceptors (Lipinski definition) is 3. The Bertz CT molecular complexity index is 612. The minimum atomic E-state index is 0.111. The zero-order valence-electron chi connectivity index (χ0n) is 11.8. The second kappa shape index (κ2) is 7.14. The lowest BCUT2D eigenvalue weighted by Crippen LogP contribution is -1.93. The number of rotatable bonds is 4. The van der Waals surface area contributed by atoms with Gasteiger partial charge in [0.1, 0.15) is 12.4 Å². The minimum absolute atomic E-state index is 0.111. The predicted octanol–water partition coefficient (Wildman–Crippen LogP) is 3.68. The third kappa shape index (κ3) is 4.41. The van der Waals surface area contributed by atoms with Crippen molar-refractivity contribution in [2.75, 3.05) is 6.61 Å². The molecule has 2 aromatic rings. The molecule has 1 N–H and O–H groups in total. The summed E-state index contributed by atoms with van der Waals surface area (Å²) < 4.78 is 5.81. The molecule has 104 valence electrons. The van der Waals surface area contributed by atoms with Crippen LogP contribution < -0.4 is 4.74 Å². The Labute approximate surface area is 124 Å². The van der Waals surface area contributed by atoms with Crippen LogP contribution in [0.25, 0.3) is 0 Å². The van der Waals surface area contributed by atoms with Gasteiger partial charge in [-0.05, 0) is 43.2 Å². The van der Waals surface area contributed by atoms with Crippen molar-refractivity contribution < 1.29 is 9.84 Å². The predicted molar refractivity (Wildman–Crippen MR) is 83.1 cm³/mol. The van der Waals surface area contributed by atoms with Crippen LogP contribution in [0.15, 0.2) is 29.6 Å². The molecule has 0 bridgehead atoms. The molecule has 0 spiro atoms. The summed E-state index contributed by atoms with van der Waals surface area (Å²) in [6, 6.07) is 8.26.